The van der Waals surface area contributed by atoms with Crippen LogP contribution in [-0.2, 0) is 0 Å². The number of nitrogens with zero attached hydrogens (tertiary/aromatic N) is 2. The van der Waals surface area contributed by atoms with Gasteiger partial charge in [0.15, 0.2) is 0 Å². The molecule has 0 saturated heterocycles. The first-order chi connectivity index (χ1) is 12.1. The molecule has 2 aromatic carbocycles. The van der Waals surface area contributed by atoms with Gasteiger partial charge in [0.25, 0.3) is 0 Å². The monoisotopic (exact) mass is 338 g/mol. The molecule has 0 saturated carbocycles. The van der Waals surface area contributed by atoms with Gasteiger partial charge in [-0.3, -0.25) is 0 Å². The predicted octanol–water partition coefficient (Wildman–Crippen LogP) is 3.86. The number of benzene rings is 2. The van der Waals surface area contributed by atoms with Crippen molar-refractivity contribution in [2.24, 2.45) is 0 Å². The van der Waals surface area contributed by atoms with Crippen molar-refractivity contribution in [1.29, 1.82) is 0 Å². The highest BCUT2D eigenvalue weighted by Gasteiger charge is 2.23. The molecule has 3 nitrogen and oxygen atoms in total. The fourth-order valence-corrected chi connectivity index (χ4v) is 3.19. The van der Waals surface area contributed by atoms with Crippen LogP contribution in [0.4, 0.5) is 4.39 Å². The molecule has 3 aromatic rings. The van der Waals surface area contributed by atoms with Crippen molar-refractivity contribution in [1.82, 2.24) is 9.47 Å². The van der Waals surface area contributed by atoms with Crippen LogP contribution in [0.25, 0.3) is 0 Å². The number of hydrogen-bond donors (Lipinski definition) is 1. The molecule has 0 aliphatic heterocycles. The Bertz CT molecular complexity index is 814. The number of hydrogen-bond acceptors (Lipinski definition) is 2. The Kier molecular flexibility index (Phi) is 5.31. The van der Waals surface area contributed by atoms with Gasteiger partial charge in [-0.1, -0.05) is 48.5 Å². The number of halogens is 1. The first kappa shape index (κ1) is 17.4. The van der Waals surface area contributed by atoms with Crippen LogP contribution in [0.5, 0.6) is 0 Å². The molecular weight excluding hydrogens is 315 g/mol. The second kappa shape index (κ2) is 7.64. The van der Waals surface area contributed by atoms with E-state index in [0.717, 1.165) is 11.3 Å². The third-order valence-electron chi connectivity index (χ3n) is 4.28. The molecule has 0 fully saturated rings. The van der Waals surface area contributed by atoms with E-state index in [1.54, 1.807) is 12.1 Å². The average molecular weight is 338 g/mol. The molecule has 2 atom stereocenters. The summed E-state index contributed by atoms with van der Waals surface area (Å²) >= 11 is 0. The predicted molar refractivity (Wildman–Crippen MR) is 98.0 cm³/mol. The van der Waals surface area contributed by atoms with Gasteiger partial charge in [0.1, 0.15) is 11.9 Å². The van der Waals surface area contributed by atoms with Crippen LogP contribution >= 0.6 is 0 Å². The third kappa shape index (κ3) is 3.81. The smallest absolute Gasteiger partial charge is 0.128 e. The van der Waals surface area contributed by atoms with Gasteiger partial charge in [-0.2, -0.15) is 0 Å². The zero-order valence-electron chi connectivity index (χ0n) is 14.5. The van der Waals surface area contributed by atoms with Gasteiger partial charge in [0.2, 0.25) is 0 Å². The van der Waals surface area contributed by atoms with Crippen molar-refractivity contribution in [2.45, 2.75) is 12.1 Å². The second-order valence-corrected chi connectivity index (χ2v) is 6.45. The van der Waals surface area contributed by atoms with Crippen molar-refractivity contribution >= 4 is 0 Å². The normalized spacial score (nSPS) is 13.8. The largest absolute Gasteiger partial charge is 0.386 e. The molecule has 0 aliphatic carbocycles. The number of rotatable bonds is 6. The van der Waals surface area contributed by atoms with E-state index in [2.05, 4.69) is 0 Å². The minimum atomic E-state index is -0.650. The Morgan fingerprint density at radius 2 is 1.64 bits per heavy atom. The maximum atomic E-state index is 14.6. The summed E-state index contributed by atoms with van der Waals surface area (Å²) in [5, 5.41) is 10.6. The number of aromatic nitrogens is 1. The van der Waals surface area contributed by atoms with Crippen molar-refractivity contribution < 1.29 is 9.50 Å². The van der Waals surface area contributed by atoms with Crippen LogP contribution < -0.4 is 0 Å². The topological polar surface area (TPSA) is 28.4 Å². The van der Waals surface area contributed by atoms with E-state index >= 15 is 0 Å². The van der Waals surface area contributed by atoms with Crippen LogP contribution in [-0.4, -0.2) is 35.2 Å². The van der Waals surface area contributed by atoms with E-state index < -0.39 is 6.10 Å². The summed E-state index contributed by atoms with van der Waals surface area (Å²) in [5.41, 5.74) is 2.33. The first-order valence-electron chi connectivity index (χ1n) is 8.37. The number of aliphatic hydroxyl groups excluding tert-OH is 1. The number of aliphatic hydroxyl groups is 1. The lowest BCUT2D eigenvalue weighted by Gasteiger charge is -2.26. The maximum Gasteiger partial charge on any atom is 0.128 e. The molecule has 0 aliphatic rings. The highest BCUT2D eigenvalue weighted by molar-refractivity contribution is 5.35. The van der Waals surface area contributed by atoms with E-state index in [1.165, 1.54) is 6.07 Å². The Hall–Kier alpha value is -2.43. The fraction of sp³-hybridized carbons (Fsp3) is 0.238. The lowest BCUT2D eigenvalue weighted by atomic mass is 9.97. The second-order valence-electron chi connectivity index (χ2n) is 6.45. The van der Waals surface area contributed by atoms with Gasteiger partial charge in [-0.25, -0.2) is 4.39 Å². The highest BCUT2D eigenvalue weighted by atomic mass is 19.1. The average Bonchev–Trinajstić information content (AvgIpc) is 3.07. The standard InChI is InChI=1S/C21H23FN2O/c1-23(2)15-20(25)19-13-8-14-24(19)21(16-9-4-3-5-10-16)17-11-6-7-12-18(17)22/h3-14,20-21,25H,15H2,1-2H3. The molecule has 3 rings (SSSR count). The zero-order chi connectivity index (χ0) is 17.8. The Labute approximate surface area is 148 Å². The van der Waals surface area contributed by atoms with Crippen LogP contribution in [0, 0.1) is 5.82 Å². The maximum absolute atomic E-state index is 14.6. The summed E-state index contributed by atoms with van der Waals surface area (Å²) < 4.78 is 16.5. The Morgan fingerprint density at radius 1 is 0.960 bits per heavy atom. The summed E-state index contributed by atoms with van der Waals surface area (Å²) in [4.78, 5) is 1.93. The fourth-order valence-electron chi connectivity index (χ4n) is 3.19. The van der Waals surface area contributed by atoms with Crippen molar-refractivity contribution in [2.75, 3.05) is 20.6 Å². The molecular formula is C21H23FN2O. The van der Waals surface area contributed by atoms with E-state index in [9.17, 15) is 9.50 Å². The minimum absolute atomic E-state index is 0.252. The SMILES string of the molecule is CN(C)CC(O)c1cccn1C(c1ccccc1)c1ccccc1F. The Balaban J connectivity index is 2.11. The van der Waals surface area contributed by atoms with Gasteiger partial charge < -0.3 is 14.6 Å². The van der Waals surface area contributed by atoms with Gasteiger partial charge in [-0.05, 0) is 37.9 Å². The van der Waals surface area contributed by atoms with E-state index in [0.29, 0.717) is 12.1 Å². The molecule has 0 radical (unpaired) electrons. The van der Waals surface area contributed by atoms with Gasteiger partial charge in [-0.15, -0.1) is 0 Å². The zero-order valence-corrected chi connectivity index (χ0v) is 14.5. The minimum Gasteiger partial charge on any atom is -0.386 e. The quantitative estimate of drug-likeness (QED) is 0.739. The molecule has 0 spiro atoms. The van der Waals surface area contributed by atoms with Crippen LogP contribution in [0.1, 0.15) is 29.0 Å². The molecule has 25 heavy (non-hydrogen) atoms. The highest BCUT2D eigenvalue weighted by Crippen LogP contribution is 2.31. The molecule has 0 amide bonds. The Morgan fingerprint density at radius 3 is 2.32 bits per heavy atom. The van der Waals surface area contributed by atoms with Crippen LogP contribution in [0.15, 0.2) is 72.9 Å². The van der Waals surface area contributed by atoms with Crippen LogP contribution in [0.3, 0.4) is 0 Å². The summed E-state index contributed by atoms with van der Waals surface area (Å²) in [6.07, 6.45) is 1.25. The molecule has 1 N–H and O–H groups in total. The van der Waals surface area contributed by atoms with Crippen molar-refractivity contribution in [3.63, 3.8) is 0 Å². The summed E-state index contributed by atoms with van der Waals surface area (Å²) in [7, 11) is 3.84. The first-order valence-corrected chi connectivity index (χ1v) is 8.37. The molecule has 2 unspecified atom stereocenters. The van der Waals surface area contributed by atoms with Gasteiger partial charge in [0.05, 0.1) is 6.04 Å². The molecule has 130 valence electrons. The molecule has 4 heteroatoms. The molecule has 1 heterocycles. The summed E-state index contributed by atoms with van der Waals surface area (Å²) in [5.74, 6) is -0.252. The van der Waals surface area contributed by atoms with E-state index in [4.69, 9.17) is 0 Å². The molecule has 0 bridgehead atoms. The van der Waals surface area contributed by atoms with Gasteiger partial charge in [0, 0.05) is 24.0 Å². The van der Waals surface area contributed by atoms with E-state index in [-0.39, 0.29) is 11.9 Å². The number of likely N-dealkylation sites (N-methyl/N-ethyl adjacent to an activating group) is 1. The summed E-state index contributed by atoms with van der Waals surface area (Å²) in [6, 6.07) is 20.1. The van der Waals surface area contributed by atoms with Crippen LogP contribution in [0.2, 0.25) is 0 Å². The van der Waals surface area contributed by atoms with Crippen molar-refractivity contribution in [3.8, 4) is 0 Å². The van der Waals surface area contributed by atoms with E-state index in [1.807, 2.05) is 78.3 Å². The third-order valence-corrected chi connectivity index (χ3v) is 4.28. The lowest BCUT2D eigenvalue weighted by Crippen LogP contribution is -2.24. The summed E-state index contributed by atoms with van der Waals surface area (Å²) in [6.45, 7) is 0.503. The van der Waals surface area contributed by atoms with Gasteiger partial charge >= 0.3 is 0 Å². The molecule has 1 aromatic heterocycles. The lowest BCUT2D eigenvalue weighted by molar-refractivity contribution is 0.130. The van der Waals surface area contributed by atoms with Crippen molar-refractivity contribution in [3.05, 3.63) is 95.6 Å².